The molecule has 0 saturated carbocycles. The van der Waals surface area contributed by atoms with Crippen LogP contribution in [-0.2, 0) is 4.74 Å². The van der Waals surface area contributed by atoms with E-state index in [0.29, 0.717) is 6.54 Å². The Balaban J connectivity index is 0. The molecule has 1 rings (SSSR count). The van der Waals surface area contributed by atoms with Crippen molar-refractivity contribution in [3.63, 3.8) is 0 Å². The van der Waals surface area contributed by atoms with Crippen molar-refractivity contribution in [1.82, 2.24) is 4.90 Å². The maximum absolute atomic E-state index is 11.0. The predicted octanol–water partition coefficient (Wildman–Crippen LogP) is 2.03. The second-order valence-corrected chi connectivity index (χ2v) is 2.97. The zero-order valence-corrected chi connectivity index (χ0v) is 16.3. The fraction of sp³-hybridized carbons (Fsp3) is 0.800. The van der Waals surface area contributed by atoms with Gasteiger partial charge in [-0.2, -0.15) is 0 Å². The van der Waals surface area contributed by atoms with Crippen LogP contribution in [0.3, 0.4) is 0 Å². The molecular formula is C10H20NO3Rf-. The number of aliphatic hydroxyl groups excluding tert-OH is 1. The normalized spacial score (nSPS) is 19.5. The molecular weight excluding hydrogens is 449 g/mol. The Morgan fingerprint density at radius 2 is 2.13 bits per heavy atom. The molecule has 5 heteroatoms. The topological polar surface area (TPSA) is 49.8 Å². The van der Waals surface area contributed by atoms with Crippen LogP contribution in [0.25, 0.3) is 0 Å². The summed E-state index contributed by atoms with van der Waals surface area (Å²) >= 11 is 0. The number of rotatable bonds is 1. The molecule has 1 heterocycles. The number of nitrogens with zero attached hydrogens (tertiary/aromatic N) is 1. The summed E-state index contributed by atoms with van der Waals surface area (Å²) in [4.78, 5) is 12.6. The van der Waals surface area contributed by atoms with Gasteiger partial charge in [0.15, 0.2) is 0 Å². The number of likely N-dealkylation sites (tertiary alicyclic amines) is 1. The van der Waals surface area contributed by atoms with Gasteiger partial charge in [0.25, 0.3) is 0 Å². The molecule has 1 aliphatic heterocycles. The van der Waals surface area contributed by atoms with Crippen molar-refractivity contribution in [3.8, 4) is 0 Å². The van der Waals surface area contributed by atoms with E-state index >= 15 is 0 Å². The Labute approximate surface area is 85.9 Å². The Morgan fingerprint density at radius 3 is 2.60 bits per heavy atom. The molecule has 0 aliphatic carbocycles. The number of carbonyl (C=O) groups is 1. The van der Waals surface area contributed by atoms with Crippen LogP contribution in [-0.4, -0.2) is 36.3 Å². The van der Waals surface area contributed by atoms with Crippen molar-refractivity contribution in [3.05, 3.63) is 6.61 Å². The van der Waals surface area contributed by atoms with Gasteiger partial charge in [-0.15, -0.1) is 5.92 Å². The van der Waals surface area contributed by atoms with Gasteiger partial charge in [0.1, 0.15) is 0 Å². The number of ether oxygens (including phenoxy) is 1. The average Bonchev–Trinajstić information content (AvgIpc) is 2.30. The Hall–Kier alpha value is -1.77. The molecule has 0 aromatic carbocycles. The number of hydrogen-bond donors (Lipinski definition) is 1. The van der Waals surface area contributed by atoms with E-state index in [1.165, 1.54) is 7.11 Å². The third-order valence-corrected chi connectivity index (χ3v) is 2.10. The van der Waals surface area contributed by atoms with E-state index in [4.69, 9.17) is 5.11 Å². The first-order valence-corrected chi connectivity index (χ1v) is 5.08. The molecule has 1 fully saturated rings. The molecule has 15 heavy (non-hydrogen) atoms. The van der Waals surface area contributed by atoms with Crippen LogP contribution in [0.2, 0.25) is 0 Å². The van der Waals surface area contributed by atoms with Crippen LogP contribution >= 0.6 is 0 Å². The van der Waals surface area contributed by atoms with E-state index < -0.39 is 0 Å². The number of amides is 1. The van der Waals surface area contributed by atoms with Gasteiger partial charge in [0, 0.05) is 13.1 Å². The summed E-state index contributed by atoms with van der Waals surface area (Å²) < 4.78 is 4.57. The van der Waals surface area contributed by atoms with Gasteiger partial charge < -0.3 is 14.7 Å². The standard InChI is InChI=1S/C8H14NO3.C2H6.Rf/c1-12-8(11)9-4-2-3-7(5-9)6-10;1-2;/h6-7,10H,2-5H2,1H3;1-2H3;/q-1;;. The molecule has 1 saturated heterocycles. The summed E-state index contributed by atoms with van der Waals surface area (Å²) in [5.41, 5.74) is 0. The molecule has 0 aromatic heterocycles. The van der Waals surface area contributed by atoms with Crippen LogP contribution in [0, 0.1) is 12.5 Å². The van der Waals surface area contributed by atoms with Crippen molar-refractivity contribution in [2.24, 2.45) is 5.92 Å². The number of piperidine rings is 1. The molecule has 0 spiro atoms. The van der Waals surface area contributed by atoms with Crippen LogP contribution < -0.4 is 0 Å². The molecule has 0 bridgehead atoms. The Kier molecular flexibility index (Phi) is 9.22. The largest absolute Gasteiger partial charge is 0.566 e. The molecule has 1 atom stereocenters. The SMILES string of the molecule is CC.COC(=O)N1CCCC([CH-]O)C1.[Rf]. The fourth-order valence-corrected chi connectivity index (χ4v) is 1.43. The summed E-state index contributed by atoms with van der Waals surface area (Å²) in [7, 11) is 1.37. The van der Waals surface area contributed by atoms with Crippen molar-refractivity contribution in [1.29, 1.82) is 0 Å². The molecule has 0 radical (unpaired) electrons. The first-order chi connectivity index (χ1) is 6.77. The molecule has 1 amide bonds. The van der Waals surface area contributed by atoms with Crippen LogP contribution in [0.5, 0.6) is 0 Å². The first kappa shape index (κ1) is 15.7. The van der Waals surface area contributed by atoms with Gasteiger partial charge >= 0.3 is 6.09 Å². The molecule has 1 unspecified atom stereocenters. The quantitative estimate of drug-likeness (QED) is 0.599. The second-order valence-electron chi connectivity index (χ2n) is 2.97. The van der Waals surface area contributed by atoms with Gasteiger partial charge in [0.2, 0.25) is 0 Å². The third kappa shape index (κ3) is 4.86. The van der Waals surface area contributed by atoms with E-state index in [1.54, 1.807) is 4.90 Å². The third-order valence-electron chi connectivity index (χ3n) is 2.10. The Morgan fingerprint density at radius 1 is 1.53 bits per heavy atom. The van der Waals surface area contributed by atoms with Crippen LogP contribution in [0.1, 0.15) is 26.7 Å². The maximum Gasteiger partial charge on any atom is 0.409 e. The van der Waals surface area contributed by atoms with Gasteiger partial charge in [-0.3, -0.25) is 0 Å². The van der Waals surface area contributed by atoms with Gasteiger partial charge in [-0.1, -0.05) is 20.3 Å². The zero-order chi connectivity index (χ0) is 11.0. The maximum atomic E-state index is 11.0. The van der Waals surface area contributed by atoms with Crippen LogP contribution in [0.15, 0.2) is 0 Å². The van der Waals surface area contributed by atoms with Gasteiger partial charge in [0.05, 0.1) is 7.11 Å². The van der Waals surface area contributed by atoms with Gasteiger partial charge in [-0.25, -0.2) is 11.4 Å². The molecule has 86 valence electrons. The average molecular weight is 469 g/mol. The van der Waals surface area contributed by atoms with E-state index in [9.17, 15) is 4.79 Å². The monoisotopic (exact) mass is 469 g/mol. The Bertz CT molecular complexity index is 167. The second kappa shape index (κ2) is 8.81. The predicted molar refractivity (Wildman–Crippen MR) is 54.3 cm³/mol. The summed E-state index contributed by atoms with van der Waals surface area (Å²) in [6.07, 6.45) is 1.57. The number of hydrogen-bond acceptors (Lipinski definition) is 3. The van der Waals surface area contributed by atoms with Crippen molar-refractivity contribution in [2.75, 3.05) is 20.2 Å². The van der Waals surface area contributed by atoms with E-state index in [1.807, 2.05) is 13.8 Å². The minimum Gasteiger partial charge on any atom is -0.566 e. The zero-order valence-electron chi connectivity index (χ0n) is 9.90. The molecule has 4 nitrogen and oxygen atoms in total. The summed E-state index contributed by atoms with van der Waals surface area (Å²) in [5.74, 6) is 0.109. The first-order valence-electron chi connectivity index (χ1n) is 5.08. The van der Waals surface area contributed by atoms with Crippen LogP contribution in [0.4, 0.5) is 4.79 Å². The van der Waals surface area contributed by atoms with E-state index in [0.717, 1.165) is 26.0 Å². The van der Waals surface area contributed by atoms with Crippen molar-refractivity contribution < 1.29 is 14.6 Å². The summed E-state index contributed by atoms with van der Waals surface area (Å²) in [6.45, 7) is 6.47. The fourth-order valence-electron chi connectivity index (χ4n) is 1.43. The summed E-state index contributed by atoms with van der Waals surface area (Å²) in [5, 5.41) is 8.76. The van der Waals surface area contributed by atoms with E-state index in [2.05, 4.69) is 4.74 Å². The number of aliphatic hydroxyl groups is 1. The summed E-state index contributed by atoms with van der Waals surface area (Å²) in [6, 6.07) is 0. The smallest absolute Gasteiger partial charge is 0.409 e. The minimum atomic E-state index is -0.304. The van der Waals surface area contributed by atoms with Crippen molar-refractivity contribution in [2.45, 2.75) is 26.7 Å². The van der Waals surface area contributed by atoms with Gasteiger partial charge in [-0.05, 0) is 6.42 Å². The molecule has 1 N–H and O–H groups in total. The molecule has 1 aliphatic rings. The number of methoxy groups -OCH3 is 1. The molecule has 0 aromatic rings. The number of carbonyl (C=O) groups excluding carboxylic acids is 1. The van der Waals surface area contributed by atoms with E-state index in [-0.39, 0.29) is 12.0 Å². The van der Waals surface area contributed by atoms with Crippen molar-refractivity contribution >= 4 is 6.09 Å². The minimum absolute atomic E-state index is 0.